The molecule has 134 valence electrons. The van der Waals surface area contributed by atoms with E-state index in [-0.39, 0.29) is 0 Å². The number of nitrogens with zero attached hydrogens (tertiary/aromatic N) is 1. The molecule has 0 aromatic heterocycles. The molecule has 24 heavy (non-hydrogen) atoms. The molecule has 3 nitrogen and oxygen atoms in total. The number of methoxy groups -OCH3 is 1. The fraction of sp³-hybridized carbons (Fsp3) is 0.714. The van der Waals surface area contributed by atoms with Gasteiger partial charge in [-0.2, -0.15) is 0 Å². The van der Waals surface area contributed by atoms with Crippen LogP contribution in [0.1, 0.15) is 44.1 Å². The van der Waals surface area contributed by atoms with Crippen molar-refractivity contribution in [3.05, 3.63) is 35.9 Å². The van der Waals surface area contributed by atoms with E-state index >= 15 is 0 Å². The zero-order valence-electron chi connectivity index (χ0n) is 15.2. The molecule has 1 aromatic rings. The largest absolute Gasteiger partial charge is 0.382 e. The van der Waals surface area contributed by atoms with Gasteiger partial charge in [0.25, 0.3) is 0 Å². The third-order valence-electron chi connectivity index (χ3n) is 5.72. The highest BCUT2D eigenvalue weighted by atomic mass is 16.5. The smallest absolute Gasteiger partial charge is 0.0746 e. The lowest BCUT2D eigenvalue weighted by Gasteiger charge is -2.32. The van der Waals surface area contributed by atoms with E-state index < -0.39 is 0 Å². The Morgan fingerprint density at radius 3 is 2.54 bits per heavy atom. The minimum Gasteiger partial charge on any atom is -0.382 e. The first kappa shape index (κ1) is 17.9. The molecule has 0 spiro atoms. The molecule has 0 bridgehead atoms. The molecule has 2 aliphatic rings. The third kappa shape index (κ3) is 5.05. The van der Waals surface area contributed by atoms with Crippen LogP contribution in [0.5, 0.6) is 0 Å². The summed E-state index contributed by atoms with van der Waals surface area (Å²) in [4.78, 5) is 2.72. The van der Waals surface area contributed by atoms with Crippen LogP contribution in [0.4, 0.5) is 0 Å². The van der Waals surface area contributed by atoms with Gasteiger partial charge >= 0.3 is 0 Å². The van der Waals surface area contributed by atoms with Gasteiger partial charge in [0.15, 0.2) is 0 Å². The Morgan fingerprint density at radius 2 is 1.79 bits per heavy atom. The topological polar surface area (TPSA) is 21.7 Å². The highest BCUT2D eigenvalue weighted by Gasteiger charge is 2.35. The SMILES string of the molecule is COCCO[C@@H]1CCN(CC2CCCCC2)[C@H]1Cc1ccccc1. The van der Waals surface area contributed by atoms with Gasteiger partial charge in [0.05, 0.1) is 19.3 Å². The van der Waals surface area contributed by atoms with Crippen LogP contribution in [0, 0.1) is 5.92 Å². The van der Waals surface area contributed by atoms with Gasteiger partial charge in [-0.1, -0.05) is 49.6 Å². The van der Waals surface area contributed by atoms with Gasteiger partial charge in [-0.15, -0.1) is 0 Å². The van der Waals surface area contributed by atoms with Crippen molar-refractivity contribution in [2.45, 2.75) is 57.1 Å². The van der Waals surface area contributed by atoms with Crippen molar-refractivity contribution in [1.29, 1.82) is 0 Å². The van der Waals surface area contributed by atoms with Gasteiger partial charge in [-0.25, -0.2) is 0 Å². The predicted molar refractivity (Wildman–Crippen MR) is 98.3 cm³/mol. The lowest BCUT2D eigenvalue weighted by molar-refractivity contribution is -0.00254. The molecule has 2 fully saturated rings. The number of benzene rings is 1. The fourth-order valence-electron chi connectivity index (χ4n) is 4.41. The number of likely N-dealkylation sites (tertiary alicyclic amines) is 1. The van der Waals surface area contributed by atoms with Crippen LogP contribution in [0.25, 0.3) is 0 Å². The van der Waals surface area contributed by atoms with Gasteiger partial charge in [-0.05, 0) is 37.2 Å². The maximum Gasteiger partial charge on any atom is 0.0746 e. The molecule has 1 heterocycles. The first-order chi connectivity index (χ1) is 11.9. The fourth-order valence-corrected chi connectivity index (χ4v) is 4.41. The average molecular weight is 331 g/mol. The Bertz CT molecular complexity index is 458. The van der Waals surface area contributed by atoms with Gasteiger partial charge < -0.3 is 9.47 Å². The van der Waals surface area contributed by atoms with Crippen molar-refractivity contribution >= 4 is 0 Å². The standard InChI is InChI=1S/C21H33NO2/c1-23-14-15-24-21-12-13-22(17-19-10-6-3-7-11-19)20(21)16-18-8-4-2-5-9-18/h2,4-5,8-9,19-21H,3,6-7,10-17H2,1H3/t20-,21+/m0/s1. The van der Waals surface area contributed by atoms with Crippen molar-refractivity contribution in [3.63, 3.8) is 0 Å². The Labute approximate surface area is 147 Å². The van der Waals surface area contributed by atoms with E-state index in [9.17, 15) is 0 Å². The summed E-state index contributed by atoms with van der Waals surface area (Å²) in [5, 5.41) is 0. The average Bonchev–Trinajstić information content (AvgIpc) is 2.99. The summed E-state index contributed by atoms with van der Waals surface area (Å²) in [7, 11) is 1.74. The minimum atomic E-state index is 0.351. The van der Waals surface area contributed by atoms with E-state index in [1.165, 1.54) is 50.8 Å². The van der Waals surface area contributed by atoms with Crippen molar-refractivity contribution in [2.75, 3.05) is 33.4 Å². The van der Waals surface area contributed by atoms with Crippen molar-refractivity contribution < 1.29 is 9.47 Å². The highest BCUT2D eigenvalue weighted by Crippen LogP contribution is 2.30. The minimum absolute atomic E-state index is 0.351. The second-order valence-electron chi connectivity index (χ2n) is 7.45. The van der Waals surface area contributed by atoms with Gasteiger partial charge in [0, 0.05) is 26.2 Å². The molecule has 1 saturated heterocycles. The Morgan fingerprint density at radius 1 is 1.00 bits per heavy atom. The number of rotatable bonds is 8. The van der Waals surface area contributed by atoms with E-state index in [0.29, 0.717) is 25.4 Å². The zero-order chi connectivity index (χ0) is 16.6. The summed E-state index contributed by atoms with van der Waals surface area (Å²) in [6.45, 7) is 3.86. The maximum atomic E-state index is 6.18. The predicted octanol–water partition coefficient (Wildman–Crippen LogP) is 3.92. The van der Waals surface area contributed by atoms with Crippen molar-refractivity contribution in [3.8, 4) is 0 Å². The normalized spacial score (nSPS) is 26.0. The summed E-state index contributed by atoms with van der Waals surface area (Å²) in [6.07, 6.45) is 9.74. The molecule has 1 aliphatic carbocycles. The number of hydrogen-bond donors (Lipinski definition) is 0. The second-order valence-corrected chi connectivity index (χ2v) is 7.45. The van der Waals surface area contributed by atoms with Crippen LogP contribution in [0.3, 0.4) is 0 Å². The summed E-state index contributed by atoms with van der Waals surface area (Å²) < 4.78 is 11.3. The van der Waals surface area contributed by atoms with Crippen LogP contribution in [0.2, 0.25) is 0 Å². The lowest BCUT2D eigenvalue weighted by Crippen LogP contribution is -2.41. The van der Waals surface area contributed by atoms with Crippen molar-refractivity contribution in [2.24, 2.45) is 5.92 Å². The lowest BCUT2D eigenvalue weighted by atomic mass is 9.88. The molecule has 0 unspecified atom stereocenters. The first-order valence-corrected chi connectivity index (χ1v) is 9.75. The van der Waals surface area contributed by atoms with Crippen LogP contribution in [0.15, 0.2) is 30.3 Å². The quantitative estimate of drug-likeness (QED) is 0.674. The molecule has 1 aliphatic heterocycles. The molecule has 0 radical (unpaired) electrons. The Hall–Kier alpha value is -0.900. The first-order valence-electron chi connectivity index (χ1n) is 9.75. The van der Waals surface area contributed by atoms with E-state index in [1.54, 1.807) is 7.11 Å². The van der Waals surface area contributed by atoms with E-state index in [2.05, 4.69) is 35.2 Å². The maximum absolute atomic E-state index is 6.18. The second kappa shape index (κ2) is 9.55. The molecule has 0 N–H and O–H groups in total. The van der Waals surface area contributed by atoms with E-state index in [1.807, 2.05) is 0 Å². The zero-order valence-corrected chi connectivity index (χ0v) is 15.2. The van der Waals surface area contributed by atoms with E-state index in [0.717, 1.165) is 18.8 Å². The molecule has 0 amide bonds. The summed E-state index contributed by atoms with van der Waals surface area (Å²) >= 11 is 0. The highest BCUT2D eigenvalue weighted by molar-refractivity contribution is 5.17. The monoisotopic (exact) mass is 331 g/mol. The molecule has 1 aromatic carbocycles. The van der Waals surface area contributed by atoms with Crippen LogP contribution < -0.4 is 0 Å². The molecule has 2 atom stereocenters. The van der Waals surface area contributed by atoms with Crippen LogP contribution >= 0.6 is 0 Å². The third-order valence-corrected chi connectivity index (χ3v) is 5.72. The van der Waals surface area contributed by atoms with E-state index in [4.69, 9.17) is 9.47 Å². The molecular weight excluding hydrogens is 298 g/mol. The van der Waals surface area contributed by atoms with Gasteiger partial charge in [0.2, 0.25) is 0 Å². The van der Waals surface area contributed by atoms with Crippen molar-refractivity contribution in [1.82, 2.24) is 4.90 Å². The van der Waals surface area contributed by atoms with Crippen LogP contribution in [-0.4, -0.2) is 50.5 Å². The summed E-state index contributed by atoms with van der Waals surface area (Å²) in [5.41, 5.74) is 1.43. The number of hydrogen-bond acceptors (Lipinski definition) is 3. The van der Waals surface area contributed by atoms with Gasteiger partial charge in [0.1, 0.15) is 0 Å². The molecule has 3 heteroatoms. The molecule has 1 saturated carbocycles. The summed E-state index contributed by atoms with van der Waals surface area (Å²) in [5.74, 6) is 0.898. The van der Waals surface area contributed by atoms with Gasteiger partial charge in [-0.3, -0.25) is 4.90 Å². The molecule has 3 rings (SSSR count). The molecular formula is C21H33NO2. The Balaban J connectivity index is 1.62. The van der Waals surface area contributed by atoms with Crippen LogP contribution in [-0.2, 0) is 15.9 Å². The number of ether oxygens (including phenoxy) is 2. The summed E-state index contributed by atoms with van der Waals surface area (Å²) in [6, 6.07) is 11.4. The Kier molecular flexibility index (Phi) is 7.13.